The maximum absolute atomic E-state index is 13.8. The van der Waals surface area contributed by atoms with Gasteiger partial charge < -0.3 is 39.1 Å². The first-order chi connectivity index (χ1) is 35.2. The van der Waals surface area contributed by atoms with Crippen molar-refractivity contribution in [3.8, 4) is 23.0 Å². The molecule has 1 aromatic heterocycles. The van der Waals surface area contributed by atoms with E-state index in [1.807, 2.05) is 6.92 Å². The Hall–Kier alpha value is -7.60. The number of imidazole rings is 1. The van der Waals surface area contributed by atoms with E-state index < -0.39 is 58.1 Å². The Labute approximate surface area is 420 Å². The highest BCUT2D eigenvalue weighted by molar-refractivity contribution is 7.92. The van der Waals surface area contributed by atoms with Gasteiger partial charge in [-0.05, 0) is 74.2 Å². The van der Waals surface area contributed by atoms with Crippen molar-refractivity contribution in [2.45, 2.75) is 50.0 Å². The molecule has 73 heavy (non-hydrogen) atoms. The monoisotopic (exact) mass is 1030 g/mol. The molecule has 3 heterocycles. The van der Waals surface area contributed by atoms with Gasteiger partial charge in [0.2, 0.25) is 11.8 Å². The molecule has 0 aliphatic carbocycles. The highest BCUT2D eigenvalue weighted by Crippen LogP contribution is 2.37. The molecule has 1 saturated heterocycles. The average Bonchev–Trinajstić information content (AvgIpc) is 3.75. The van der Waals surface area contributed by atoms with Gasteiger partial charge in [0.05, 0.1) is 65.8 Å². The highest BCUT2D eigenvalue weighted by atomic mass is 32.2. The van der Waals surface area contributed by atoms with Crippen LogP contribution in [0.2, 0.25) is 0 Å². The van der Waals surface area contributed by atoms with E-state index in [4.69, 9.17) is 28.4 Å². The molecule has 388 valence electrons. The van der Waals surface area contributed by atoms with E-state index in [9.17, 15) is 42.0 Å². The molecule has 23 heteroatoms. The Morgan fingerprint density at radius 1 is 0.712 bits per heavy atom. The fourth-order valence-corrected chi connectivity index (χ4v) is 9.00. The van der Waals surface area contributed by atoms with Gasteiger partial charge in [-0.15, -0.1) is 0 Å². The Balaban J connectivity index is 0.755. The molecule has 4 aromatic carbocycles. The molecule has 0 spiro atoms. The number of nitrogens with zero attached hydrogens (tertiary/aromatic N) is 3. The van der Waals surface area contributed by atoms with Gasteiger partial charge in [0.15, 0.2) is 12.4 Å². The molecular weight excluding hydrogens is 971 g/mol. The molecule has 1 atom stereocenters. The normalized spacial score (nSPS) is 14.5. The van der Waals surface area contributed by atoms with Crippen LogP contribution in [-0.2, 0) is 52.7 Å². The van der Waals surface area contributed by atoms with E-state index in [1.54, 1.807) is 44.4 Å². The van der Waals surface area contributed by atoms with Gasteiger partial charge in [-0.1, -0.05) is 25.1 Å². The summed E-state index contributed by atoms with van der Waals surface area (Å²) in [6.07, 6.45) is 1.80. The number of rotatable bonds is 27. The zero-order chi connectivity index (χ0) is 52.1. The first kappa shape index (κ1) is 53.2. The van der Waals surface area contributed by atoms with E-state index in [1.165, 1.54) is 57.7 Å². The number of piperidine rings is 1. The lowest BCUT2D eigenvalue weighted by Crippen LogP contribution is -2.54. The SMILES string of the molecule is CCCOc1cccc(Oc2cc3c(cc2NS(=O)(=O)c2cccc(C(=O)NCCCOCCOCCOCCCNC(=O)COc4cccc5c4C(=O)N(C4CCC(=O)NC4=O)C5=O)c2)n(C)c(=O)n3C)c1. The molecular formula is C50H57N7O15S. The largest absolute Gasteiger partial charge is 0.493 e. The molecule has 0 bridgehead atoms. The van der Waals surface area contributed by atoms with Crippen LogP contribution in [0.5, 0.6) is 23.0 Å². The summed E-state index contributed by atoms with van der Waals surface area (Å²) in [5.74, 6) is -2.41. The number of sulfonamides is 1. The smallest absolute Gasteiger partial charge is 0.328 e. The molecule has 7 rings (SSSR count). The summed E-state index contributed by atoms with van der Waals surface area (Å²) in [4.78, 5) is 89.1. The number of aromatic nitrogens is 2. The summed E-state index contributed by atoms with van der Waals surface area (Å²) < 4.78 is 67.3. The molecule has 4 N–H and O–H groups in total. The Bertz CT molecular complexity index is 3040. The van der Waals surface area contributed by atoms with Crippen LogP contribution in [0, 0.1) is 0 Å². The number of hydrogen-bond acceptors (Lipinski definition) is 15. The predicted molar refractivity (Wildman–Crippen MR) is 263 cm³/mol. The standard InChI is InChI=1S/C50H57N7O15S/c1-4-20-70-33-11-6-12-34(28-33)72-42-30-40-39(55(2)50(64)56(40)3)29-37(42)54-73(65,66)35-13-5-10-32(27-35)46(60)52-19-9-22-68-24-26-69-25-23-67-21-8-18-51-44(59)31-71-41-15-7-14-36-45(41)49(63)57(48(36)62)38-16-17-43(58)53-47(38)61/h5-7,10-15,27-30,38,54H,4,8-9,16-26,31H2,1-3H3,(H,51,59)(H,52,60)(H,53,58,61). The van der Waals surface area contributed by atoms with Crippen LogP contribution < -0.4 is 40.6 Å². The second kappa shape index (κ2) is 24.7. The van der Waals surface area contributed by atoms with Crippen LogP contribution in [0.3, 0.4) is 0 Å². The summed E-state index contributed by atoms with van der Waals surface area (Å²) in [5, 5.41) is 7.63. The van der Waals surface area contributed by atoms with Crippen LogP contribution in [-0.4, -0.2) is 130 Å². The number of nitrogens with one attached hydrogen (secondary N) is 4. The molecule has 1 unspecified atom stereocenters. The third-order valence-corrected chi connectivity index (χ3v) is 13.0. The zero-order valence-corrected chi connectivity index (χ0v) is 41.4. The number of hydrogen-bond donors (Lipinski definition) is 4. The van der Waals surface area contributed by atoms with Crippen LogP contribution in [0.25, 0.3) is 11.0 Å². The second-order valence-electron chi connectivity index (χ2n) is 16.9. The van der Waals surface area contributed by atoms with E-state index in [0.29, 0.717) is 88.2 Å². The summed E-state index contributed by atoms with van der Waals surface area (Å²) >= 11 is 0. The molecule has 1 fully saturated rings. The molecule has 6 amide bonds. The van der Waals surface area contributed by atoms with Gasteiger partial charge in [0.25, 0.3) is 33.7 Å². The molecule has 0 saturated carbocycles. The maximum atomic E-state index is 13.8. The number of benzene rings is 4. The minimum atomic E-state index is -4.27. The lowest BCUT2D eigenvalue weighted by molar-refractivity contribution is -0.136. The van der Waals surface area contributed by atoms with Crippen molar-refractivity contribution in [1.29, 1.82) is 0 Å². The second-order valence-corrected chi connectivity index (χ2v) is 18.5. The van der Waals surface area contributed by atoms with Crippen molar-refractivity contribution in [3.63, 3.8) is 0 Å². The first-order valence-electron chi connectivity index (χ1n) is 23.7. The van der Waals surface area contributed by atoms with Crippen molar-refractivity contribution in [2.24, 2.45) is 14.1 Å². The van der Waals surface area contributed by atoms with Crippen LogP contribution in [0.1, 0.15) is 70.1 Å². The summed E-state index contributed by atoms with van der Waals surface area (Å²) in [7, 11) is -1.08. The highest BCUT2D eigenvalue weighted by Gasteiger charge is 2.46. The summed E-state index contributed by atoms with van der Waals surface area (Å²) in [6.45, 7) is 4.56. The Kier molecular flexibility index (Phi) is 18.0. The molecule has 22 nitrogen and oxygen atoms in total. The van der Waals surface area contributed by atoms with Gasteiger partial charge in [-0.25, -0.2) is 13.2 Å². The zero-order valence-electron chi connectivity index (χ0n) is 40.6. The van der Waals surface area contributed by atoms with Gasteiger partial charge in [0.1, 0.15) is 23.3 Å². The van der Waals surface area contributed by atoms with E-state index >= 15 is 0 Å². The Morgan fingerprint density at radius 2 is 1.37 bits per heavy atom. The molecule has 5 aromatic rings. The lowest BCUT2D eigenvalue weighted by Gasteiger charge is -2.27. The third-order valence-electron chi connectivity index (χ3n) is 11.6. The fraction of sp³-hybridized carbons (Fsp3) is 0.380. The van der Waals surface area contributed by atoms with E-state index in [2.05, 4.69) is 20.7 Å². The lowest BCUT2D eigenvalue weighted by atomic mass is 10.0. The van der Waals surface area contributed by atoms with Crippen LogP contribution in [0.15, 0.2) is 88.6 Å². The number of amides is 6. The summed E-state index contributed by atoms with van der Waals surface area (Å²) in [5.41, 5.74) is 0.886. The first-order valence-corrected chi connectivity index (χ1v) is 25.1. The third kappa shape index (κ3) is 13.3. The predicted octanol–water partition coefficient (Wildman–Crippen LogP) is 3.42. The van der Waals surface area contributed by atoms with Crippen molar-refractivity contribution < 1.29 is 65.6 Å². The fourth-order valence-electron chi connectivity index (χ4n) is 7.89. The average molecular weight is 1030 g/mol. The number of imide groups is 2. The van der Waals surface area contributed by atoms with Crippen LogP contribution >= 0.6 is 0 Å². The van der Waals surface area contributed by atoms with Gasteiger partial charge >= 0.3 is 5.69 Å². The topological polar surface area (TPSA) is 270 Å². The number of aryl methyl sites for hydroxylation is 2. The van der Waals surface area contributed by atoms with Crippen molar-refractivity contribution in [3.05, 3.63) is 106 Å². The Morgan fingerprint density at radius 3 is 2.08 bits per heavy atom. The molecule has 0 radical (unpaired) electrons. The minimum absolute atomic E-state index is 0.00706. The number of fused-ring (bicyclic) bond motifs is 2. The quantitative estimate of drug-likeness (QED) is 0.0434. The van der Waals surface area contributed by atoms with Crippen molar-refractivity contribution in [1.82, 2.24) is 30.0 Å². The molecule has 2 aliphatic heterocycles. The number of anilines is 1. The van der Waals surface area contributed by atoms with E-state index in [0.717, 1.165) is 11.3 Å². The van der Waals surface area contributed by atoms with Gasteiger partial charge in [0, 0.05) is 64.5 Å². The van der Waals surface area contributed by atoms with Crippen LogP contribution in [0.4, 0.5) is 5.69 Å². The van der Waals surface area contributed by atoms with Gasteiger partial charge in [-0.2, -0.15) is 0 Å². The minimum Gasteiger partial charge on any atom is -0.493 e. The van der Waals surface area contributed by atoms with Crippen molar-refractivity contribution >= 4 is 62.2 Å². The number of carbonyl (C=O) groups excluding carboxylic acids is 6. The summed E-state index contributed by atoms with van der Waals surface area (Å²) in [6, 6.07) is 18.9. The number of ether oxygens (including phenoxy) is 6. The maximum Gasteiger partial charge on any atom is 0.328 e. The molecule has 2 aliphatic rings. The van der Waals surface area contributed by atoms with Gasteiger partial charge in [-0.3, -0.25) is 52.8 Å². The van der Waals surface area contributed by atoms with Crippen molar-refractivity contribution in [2.75, 3.05) is 70.7 Å². The van der Waals surface area contributed by atoms with E-state index in [-0.39, 0.29) is 63.8 Å². The number of carbonyl (C=O) groups is 6.